The summed E-state index contributed by atoms with van der Waals surface area (Å²) in [4.78, 5) is 68.6. The number of hydrogen-bond acceptors (Lipinski definition) is 7. The molecule has 2 amide bonds. The van der Waals surface area contributed by atoms with Gasteiger partial charge in [-0.25, -0.2) is 9.59 Å². The highest BCUT2D eigenvalue weighted by Gasteiger charge is 2.29. The lowest BCUT2D eigenvalue weighted by Gasteiger charge is -2.29. The highest BCUT2D eigenvalue weighted by Crippen LogP contribution is 2.09. The lowest BCUT2D eigenvalue weighted by molar-refractivity contribution is -0.144. The monoisotopic (exact) mass is 461 g/mol. The molecule has 0 aromatic heterocycles. The molecule has 182 valence electrons. The maximum Gasteiger partial charge on any atom is 0.326 e. The van der Waals surface area contributed by atoms with Crippen LogP contribution in [0.5, 0.6) is 0 Å². The molecule has 0 heterocycles. The van der Waals surface area contributed by atoms with E-state index in [1.807, 2.05) is 0 Å². The molecule has 3 atom stereocenters. The number of hydrogen-bond donors (Lipinski definition) is 7. The maximum atomic E-state index is 12.6. The van der Waals surface area contributed by atoms with Crippen LogP contribution in [0.1, 0.15) is 59.3 Å². The summed E-state index contributed by atoms with van der Waals surface area (Å²) in [5, 5.41) is 43.1. The molecule has 0 aromatic rings. The number of aliphatic carboxylic acids is 4. The van der Waals surface area contributed by atoms with Gasteiger partial charge in [0, 0.05) is 24.8 Å². The highest BCUT2D eigenvalue weighted by atomic mass is 16.4. The largest absolute Gasteiger partial charge is 0.481 e. The normalized spacial score (nSPS) is 14.0. The Morgan fingerprint density at radius 1 is 0.656 bits per heavy atom. The minimum atomic E-state index is -1.44. The smallest absolute Gasteiger partial charge is 0.326 e. The lowest BCUT2D eigenvalue weighted by atomic mass is 10.0. The minimum Gasteiger partial charge on any atom is -0.481 e. The van der Waals surface area contributed by atoms with Crippen LogP contribution in [0.4, 0.5) is 0 Å². The van der Waals surface area contributed by atoms with Gasteiger partial charge in [0.2, 0.25) is 11.8 Å². The zero-order chi connectivity index (χ0) is 25.1. The van der Waals surface area contributed by atoms with Gasteiger partial charge < -0.3 is 36.4 Å². The third-order valence-corrected chi connectivity index (χ3v) is 4.13. The zero-order valence-corrected chi connectivity index (χ0v) is 18.2. The van der Waals surface area contributed by atoms with Gasteiger partial charge in [-0.1, -0.05) is 0 Å². The third-order valence-electron chi connectivity index (χ3n) is 4.13. The van der Waals surface area contributed by atoms with Gasteiger partial charge in [0.05, 0.1) is 6.04 Å². The van der Waals surface area contributed by atoms with Gasteiger partial charge in [0.25, 0.3) is 0 Å². The van der Waals surface area contributed by atoms with Gasteiger partial charge >= 0.3 is 23.9 Å². The average molecular weight is 461 g/mol. The van der Waals surface area contributed by atoms with Gasteiger partial charge in [0.15, 0.2) is 0 Å². The van der Waals surface area contributed by atoms with Crippen molar-refractivity contribution in [1.29, 1.82) is 0 Å². The second-order valence-corrected chi connectivity index (χ2v) is 8.21. The Morgan fingerprint density at radius 2 is 1.06 bits per heavy atom. The lowest BCUT2D eigenvalue weighted by Crippen LogP contribution is -2.55. The Bertz CT molecular complexity index is 717. The van der Waals surface area contributed by atoms with E-state index in [-0.39, 0.29) is 25.7 Å². The molecule has 32 heavy (non-hydrogen) atoms. The first-order valence-corrected chi connectivity index (χ1v) is 9.89. The van der Waals surface area contributed by atoms with Crippen molar-refractivity contribution in [2.75, 3.05) is 0 Å². The maximum absolute atomic E-state index is 12.6. The molecule has 0 spiro atoms. The summed E-state index contributed by atoms with van der Waals surface area (Å²) in [6.45, 7) is 5.20. The standard InChI is InChI=1S/C19H31N3O10/c1-19(2,3)22-10(16(28)21-12(18(31)32)6-9-15(26)27)4-7-13(23)20-11(17(29)30)5-8-14(24)25/h10-12,22H,4-9H2,1-3H3,(H,20,23)(H,21,28)(H,24,25)(H,26,27)(H,29,30)(H,31,32)/t10-,11-,12-/m0/s1. The molecule has 0 fully saturated rings. The second kappa shape index (κ2) is 13.2. The quantitative estimate of drug-likeness (QED) is 0.163. The number of carboxylic acids is 4. The van der Waals surface area contributed by atoms with Gasteiger partial charge in [-0.15, -0.1) is 0 Å². The van der Waals surface area contributed by atoms with Crippen molar-refractivity contribution in [2.24, 2.45) is 0 Å². The van der Waals surface area contributed by atoms with Crippen molar-refractivity contribution >= 4 is 35.7 Å². The van der Waals surface area contributed by atoms with E-state index in [0.29, 0.717) is 0 Å². The summed E-state index contributed by atoms with van der Waals surface area (Å²) in [5.41, 5.74) is -0.608. The molecule has 0 aromatic carbocycles. The fourth-order valence-electron chi connectivity index (χ4n) is 2.66. The molecule has 0 saturated carbocycles. The summed E-state index contributed by atoms with van der Waals surface area (Å²) in [7, 11) is 0. The predicted octanol–water partition coefficient (Wildman–Crippen LogP) is -0.608. The van der Waals surface area contributed by atoms with Crippen LogP contribution in [0.3, 0.4) is 0 Å². The van der Waals surface area contributed by atoms with Crippen molar-refractivity contribution in [3.8, 4) is 0 Å². The third kappa shape index (κ3) is 13.2. The van der Waals surface area contributed by atoms with Crippen molar-refractivity contribution < 1.29 is 49.2 Å². The molecule has 0 saturated heterocycles. The van der Waals surface area contributed by atoms with Crippen molar-refractivity contribution in [2.45, 2.75) is 83.0 Å². The molecule has 0 bridgehead atoms. The SMILES string of the molecule is CC(C)(C)N[C@@H](CCC(=O)N[C@@H](CCC(=O)O)C(=O)O)C(=O)N[C@@H](CCC(=O)O)C(=O)O. The van der Waals surface area contributed by atoms with E-state index >= 15 is 0 Å². The van der Waals surface area contributed by atoms with Gasteiger partial charge in [0.1, 0.15) is 12.1 Å². The molecule has 0 radical (unpaired) electrons. The minimum absolute atomic E-state index is 0.120. The van der Waals surface area contributed by atoms with Gasteiger partial charge in [-0.3, -0.25) is 19.2 Å². The zero-order valence-electron chi connectivity index (χ0n) is 18.2. The fourth-order valence-corrected chi connectivity index (χ4v) is 2.66. The summed E-state index contributed by atoms with van der Waals surface area (Å²) in [6.07, 6.45) is -1.99. The first-order chi connectivity index (χ1) is 14.6. The van der Waals surface area contributed by atoms with E-state index < -0.39 is 72.2 Å². The average Bonchev–Trinajstić information content (AvgIpc) is 2.63. The fraction of sp³-hybridized carbons (Fsp3) is 0.684. The summed E-state index contributed by atoms with van der Waals surface area (Å²) >= 11 is 0. The Hall–Kier alpha value is -3.22. The van der Waals surface area contributed by atoms with E-state index in [0.717, 1.165) is 0 Å². The van der Waals surface area contributed by atoms with Crippen LogP contribution in [0.15, 0.2) is 0 Å². The van der Waals surface area contributed by atoms with E-state index in [2.05, 4.69) is 16.0 Å². The molecule has 0 aliphatic rings. The number of carbonyl (C=O) groups excluding carboxylic acids is 2. The summed E-state index contributed by atoms with van der Waals surface area (Å²) in [5.74, 6) is -6.72. The van der Waals surface area contributed by atoms with Crippen molar-refractivity contribution in [3.05, 3.63) is 0 Å². The topological polar surface area (TPSA) is 219 Å². The van der Waals surface area contributed by atoms with Crippen LogP contribution in [0, 0.1) is 0 Å². The molecule has 7 N–H and O–H groups in total. The molecule has 0 aliphatic carbocycles. The van der Waals surface area contributed by atoms with Gasteiger partial charge in [-0.2, -0.15) is 0 Å². The molecular formula is C19H31N3O10. The highest BCUT2D eigenvalue weighted by molar-refractivity contribution is 5.88. The first kappa shape index (κ1) is 28.8. The van der Waals surface area contributed by atoms with Crippen LogP contribution in [-0.2, 0) is 28.8 Å². The Kier molecular flexibility index (Phi) is 11.9. The molecule has 13 nitrogen and oxygen atoms in total. The summed E-state index contributed by atoms with van der Waals surface area (Å²) in [6, 6.07) is -3.88. The Labute approximate surface area is 184 Å². The molecule has 13 heteroatoms. The van der Waals surface area contributed by atoms with Crippen LogP contribution in [0.2, 0.25) is 0 Å². The number of carbonyl (C=O) groups is 6. The molecule has 0 aliphatic heterocycles. The van der Waals surface area contributed by atoms with Crippen LogP contribution in [-0.4, -0.2) is 79.8 Å². The van der Waals surface area contributed by atoms with Gasteiger partial charge in [-0.05, 0) is 40.0 Å². The summed E-state index contributed by atoms with van der Waals surface area (Å²) < 4.78 is 0. The number of rotatable bonds is 15. The van der Waals surface area contributed by atoms with E-state index in [1.54, 1.807) is 20.8 Å². The van der Waals surface area contributed by atoms with Crippen molar-refractivity contribution in [3.63, 3.8) is 0 Å². The number of carboxylic acid groups (broad SMARTS) is 4. The molecule has 0 unspecified atom stereocenters. The Balaban J connectivity index is 5.14. The van der Waals surface area contributed by atoms with E-state index in [1.165, 1.54) is 0 Å². The second-order valence-electron chi connectivity index (χ2n) is 8.21. The van der Waals surface area contributed by atoms with Crippen LogP contribution >= 0.6 is 0 Å². The van der Waals surface area contributed by atoms with Crippen molar-refractivity contribution in [1.82, 2.24) is 16.0 Å². The van der Waals surface area contributed by atoms with Crippen LogP contribution in [0.25, 0.3) is 0 Å². The van der Waals surface area contributed by atoms with E-state index in [4.69, 9.17) is 15.3 Å². The van der Waals surface area contributed by atoms with E-state index in [9.17, 15) is 33.9 Å². The molecule has 0 rings (SSSR count). The predicted molar refractivity (Wildman–Crippen MR) is 109 cm³/mol. The Morgan fingerprint density at radius 3 is 1.44 bits per heavy atom. The molecular weight excluding hydrogens is 430 g/mol. The first-order valence-electron chi connectivity index (χ1n) is 9.89. The van der Waals surface area contributed by atoms with Crippen LogP contribution < -0.4 is 16.0 Å². The number of nitrogens with one attached hydrogen (secondary N) is 3. The number of amides is 2.